The van der Waals surface area contributed by atoms with E-state index in [1.807, 2.05) is 35.2 Å². The minimum absolute atomic E-state index is 0.0191. The molecule has 3 aromatic rings. The summed E-state index contributed by atoms with van der Waals surface area (Å²) in [5, 5.41) is 11.9. The number of hydrogen-bond donors (Lipinski definition) is 0. The molecule has 146 valence electrons. The first-order valence-corrected chi connectivity index (χ1v) is 9.38. The van der Waals surface area contributed by atoms with Crippen molar-refractivity contribution >= 4 is 11.6 Å². The van der Waals surface area contributed by atoms with E-state index in [2.05, 4.69) is 29.1 Å². The first kappa shape index (κ1) is 18.4. The number of carbonyl (C=O) groups excluding carboxylic acids is 1. The zero-order chi connectivity index (χ0) is 19.5. The van der Waals surface area contributed by atoms with Gasteiger partial charge in [0.25, 0.3) is 5.91 Å². The monoisotopic (exact) mass is 381 g/mol. The standard InChI is InChI=1S/C20H23N5O3/c1-14(2)16-10-24(11-17(28-16)15-6-4-3-5-7-15)20(26)12-27-19-9-8-18-22-21-13-25(18)23-19/h3-9,13-14,16-17H,10-12H2,1-2H3/t16-,17+/m1/s1. The van der Waals surface area contributed by atoms with E-state index < -0.39 is 0 Å². The number of benzene rings is 1. The van der Waals surface area contributed by atoms with Gasteiger partial charge in [-0.3, -0.25) is 4.79 Å². The van der Waals surface area contributed by atoms with Crippen LogP contribution in [0, 0.1) is 5.92 Å². The molecule has 0 spiro atoms. The maximum Gasteiger partial charge on any atom is 0.260 e. The van der Waals surface area contributed by atoms with Gasteiger partial charge in [-0.05, 0) is 17.5 Å². The van der Waals surface area contributed by atoms with Crippen molar-refractivity contribution in [3.05, 3.63) is 54.4 Å². The Morgan fingerprint density at radius 1 is 1.21 bits per heavy atom. The summed E-state index contributed by atoms with van der Waals surface area (Å²) in [6.45, 7) is 5.20. The van der Waals surface area contributed by atoms with Crippen LogP contribution in [-0.2, 0) is 9.53 Å². The molecule has 8 nitrogen and oxygen atoms in total. The van der Waals surface area contributed by atoms with Crippen molar-refractivity contribution in [1.29, 1.82) is 0 Å². The Balaban J connectivity index is 1.44. The molecule has 0 N–H and O–H groups in total. The van der Waals surface area contributed by atoms with Gasteiger partial charge in [-0.2, -0.15) is 4.52 Å². The van der Waals surface area contributed by atoms with E-state index in [-0.39, 0.29) is 24.7 Å². The Labute approximate surface area is 163 Å². The number of carbonyl (C=O) groups is 1. The van der Waals surface area contributed by atoms with Gasteiger partial charge in [0.1, 0.15) is 12.4 Å². The van der Waals surface area contributed by atoms with Crippen LogP contribution in [0.3, 0.4) is 0 Å². The van der Waals surface area contributed by atoms with Crippen molar-refractivity contribution in [2.75, 3.05) is 19.7 Å². The average molecular weight is 381 g/mol. The van der Waals surface area contributed by atoms with Crippen LogP contribution in [0.5, 0.6) is 5.88 Å². The van der Waals surface area contributed by atoms with E-state index in [1.54, 1.807) is 12.1 Å². The molecule has 28 heavy (non-hydrogen) atoms. The molecular formula is C20H23N5O3. The highest BCUT2D eigenvalue weighted by Crippen LogP contribution is 2.28. The lowest BCUT2D eigenvalue weighted by Gasteiger charge is -2.40. The zero-order valence-corrected chi connectivity index (χ0v) is 15.9. The first-order valence-electron chi connectivity index (χ1n) is 9.38. The molecule has 0 aliphatic carbocycles. The molecule has 1 aliphatic heterocycles. The van der Waals surface area contributed by atoms with Crippen molar-refractivity contribution < 1.29 is 14.3 Å². The fraction of sp³-hybridized carbons (Fsp3) is 0.400. The largest absolute Gasteiger partial charge is 0.467 e. The second-order valence-electron chi connectivity index (χ2n) is 7.21. The molecule has 4 rings (SSSR count). The molecule has 0 bridgehead atoms. The number of rotatable bonds is 5. The number of aromatic nitrogens is 4. The molecule has 0 unspecified atom stereocenters. The van der Waals surface area contributed by atoms with Gasteiger partial charge in [-0.25, -0.2) is 0 Å². The second kappa shape index (κ2) is 7.93. The lowest BCUT2D eigenvalue weighted by Crippen LogP contribution is -2.50. The fourth-order valence-electron chi connectivity index (χ4n) is 3.23. The van der Waals surface area contributed by atoms with Gasteiger partial charge in [0.2, 0.25) is 5.88 Å². The zero-order valence-electron chi connectivity index (χ0n) is 15.9. The van der Waals surface area contributed by atoms with E-state index in [1.165, 1.54) is 10.8 Å². The summed E-state index contributed by atoms with van der Waals surface area (Å²) in [6, 6.07) is 13.4. The van der Waals surface area contributed by atoms with Crippen molar-refractivity contribution in [3.8, 4) is 5.88 Å². The summed E-state index contributed by atoms with van der Waals surface area (Å²) in [4.78, 5) is 14.6. The molecule has 1 aliphatic rings. The van der Waals surface area contributed by atoms with E-state index in [0.717, 1.165) is 5.56 Å². The van der Waals surface area contributed by atoms with Gasteiger partial charge >= 0.3 is 0 Å². The van der Waals surface area contributed by atoms with Crippen LogP contribution in [0.4, 0.5) is 0 Å². The average Bonchev–Trinajstić information content (AvgIpc) is 3.20. The van der Waals surface area contributed by atoms with Crippen LogP contribution in [0.2, 0.25) is 0 Å². The summed E-state index contributed by atoms with van der Waals surface area (Å²) in [6.07, 6.45) is 1.33. The normalized spacial score (nSPS) is 19.9. The van der Waals surface area contributed by atoms with Gasteiger partial charge in [-0.15, -0.1) is 15.3 Å². The van der Waals surface area contributed by atoms with Gasteiger partial charge in [0.05, 0.1) is 12.6 Å². The number of hydrogen-bond acceptors (Lipinski definition) is 6. The first-order chi connectivity index (χ1) is 13.6. The molecule has 0 radical (unpaired) electrons. The molecule has 1 saturated heterocycles. The smallest absolute Gasteiger partial charge is 0.260 e. The summed E-state index contributed by atoms with van der Waals surface area (Å²) in [5.41, 5.74) is 1.70. The summed E-state index contributed by atoms with van der Waals surface area (Å²) in [5.74, 6) is 0.579. The highest BCUT2D eigenvalue weighted by Gasteiger charge is 2.33. The summed E-state index contributed by atoms with van der Waals surface area (Å²) in [7, 11) is 0. The van der Waals surface area contributed by atoms with Crippen LogP contribution in [0.15, 0.2) is 48.8 Å². The predicted molar refractivity (Wildman–Crippen MR) is 102 cm³/mol. The molecule has 0 saturated carbocycles. The van der Waals surface area contributed by atoms with E-state index >= 15 is 0 Å². The number of amides is 1. The number of morpholine rings is 1. The molecule has 1 fully saturated rings. The molecule has 2 aromatic heterocycles. The highest BCUT2D eigenvalue weighted by molar-refractivity contribution is 5.78. The second-order valence-corrected chi connectivity index (χ2v) is 7.21. The third-order valence-corrected chi connectivity index (χ3v) is 4.87. The quantitative estimate of drug-likeness (QED) is 0.673. The number of nitrogens with zero attached hydrogens (tertiary/aromatic N) is 5. The Morgan fingerprint density at radius 3 is 2.82 bits per heavy atom. The predicted octanol–water partition coefficient (Wildman–Crippen LogP) is 2.13. The van der Waals surface area contributed by atoms with Gasteiger partial charge < -0.3 is 14.4 Å². The fourth-order valence-corrected chi connectivity index (χ4v) is 3.23. The van der Waals surface area contributed by atoms with Gasteiger partial charge in [0, 0.05) is 12.6 Å². The molecule has 2 atom stereocenters. The van der Waals surface area contributed by atoms with Crippen molar-refractivity contribution in [2.45, 2.75) is 26.1 Å². The van der Waals surface area contributed by atoms with Crippen molar-refractivity contribution in [1.82, 2.24) is 24.7 Å². The maximum absolute atomic E-state index is 12.8. The van der Waals surface area contributed by atoms with Crippen LogP contribution in [0.1, 0.15) is 25.5 Å². The Kier molecular flexibility index (Phi) is 5.21. The van der Waals surface area contributed by atoms with E-state index in [4.69, 9.17) is 9.47 Å². The van der Waals surface area contributed by atoms with Crippen LogP contribution >= 0.6 is 0 Å². The lowest BCUT2D eigenvalue weighted by molar-refractivity contribution is -0.152. The number of fused-ring (bicyclic) bond motifs is 1. The van der Waals surface area contributed by atoms with Crippen LogP contribution in [0.25, 0.3) is 5.65 Å². The lowest BCUT2D eigenvalue weighted by atomic mass is 10.0. The summed E-state index contributed by atoms with van der Waals surface area (Å²) >= 11 is 0. The van der Waals surface area contributed by atoms with E-state index in [9.17, 15) is 4.79 Å². The van der Waals surface area contributed by atoms with Gasteiger partial charge in [-0.1, -0.05) is 44.2 Å². The number of ether oxygens (including phenoxy) is 2. The topological polar surface area (TPSA) is 81.9 Å². The molecule has 3 heterocycles. The Bertz CT molecular complexity index is 943. The molecule has 8 heteroatoms. The SMILES string of the molecule is CC(C)[C@H]1CN(C(=O)COc2ccc3nncn3n2)C[C@@H](c2ccccc2)O1. The van der Waals surface area contributed by atoms with Crippen molar-refractivity contribution in [3.63, 3.8) is 0 Å². The Hall–Kier alpha value is -3.00. The minimum Gasteiger partial charge on any atom is -0.467 e. The van der Waals surface area contributed by atoms with Gasteiger partial charge in [0.15, 0.2) is 12.3 Å². The van der Waals surface area contributed by atoms with E-state index in [0.29, 0.717) is 30.5 Å². The summed E-state index contributed by atoms with van der Waals surface area (Å²) < 4.78 is 13.4. The molecule has 1 aromatic carbocycles. The third-order valence-electron chi connectivity index (χ3n) is 4.87. The highest BCUT2D eigenvalue weighted by atomic mass is 16.5. The Morgan fingerprint density at radius 2 is 2.04 bits per heavy atom. The molecule has 1 amide bonds. The molecular weight excluding hydrogens is 358 g/mol. The van der Waals surface area contributed by atoms with Crippen LogP contribution < -0.4 is 4.74 Å². The third kappa shape index (κ3) is 3.96. The van der Waals surface area contributed by atoms with Crippen molar-refractivity contribution in [2.24, 2.45) is 5.92 Å². The minimum atomic E-state index is -0.141. The van der Waals surface area contributed by atoms with Crippen LogP contribution in [-0.4, -0.2) is 56.4 Å². The maximum atomic E-state index is 12.8.